The van der Waals surface area contributed by atoms with E-state index < -0.39 is 11.9 Å². The van der Waals surface area contributed by atoms with Gasteiger partial charge in [-0.25, -0.2) is 0 Å². The molecule has 1 amide bonds. The molecule has 104 valence electrons. The Balaban J connectivity index is 2.22. The number of carbonyl (C=O) groups is 2. The van der Waals surface area contributed by atoms with Crippen molar-refractivity contribution in [1.29, 1.82) is 0 Å². The van der Waals surface area contributed by atoms with Gasteiger partial charge in [0.05, 0.1) is 11.5 Å². The Kier molecular flexibility index (Phi) is 3.64. The van der Waals surface area contributed by atoms with Crippen LogP contribution in [0.4, 0.5) is 0 Å². The summed E-state index contributed by atoms with van der Waals surface area (Å²) in [6, 6.07) is 0. The second-order valence-corrected chi connectivity index (χ2v) is 5.14. The van der Waals surface area contributed by atoms with E-state index in [2.05, 4.69) is 0 Å². The van der Waals surface area contributed by atoms with Crippen LogP contribution in [0.5, 0.6) is 0 Å². The highest BCUT2D eigenvalue weighted by Gasteiger charge is 2.31. The molecule has 1 saturated heterocycles. The molecule has 0 aromatic carbocycles. The molecular weight excluding hydrogens is 246 g/mol. The van der Waals surface area contributed by atoms with Crippen LogP contribution < -0.4 is 0 Å². The van der Waals surface area contributed by atoms with E-state index in [9.17, 15) is 9.59 Å². The molecule has 1 aromatic heterocycles. The van der Waals surface area contributed by atoms with Gasteiger partial charge >= 0.3 is 5.97 Å². The number of rotatable bonds is 2. The van der Waals surface area contributed by atoms with E-state index in [-0.39, 0.29) is 12.5 Å². The van der Waals surface area contributed by atoms with E-state index in [1.807, 2.05) is 13.8 Å². The van der Waals surface area contributed by atoms with Gasteiger partial charge in [0.2, 0.25) is 0 Å². The maximum atomic E-state index is 12.5. The fourth-order valence-corrected chi connectivity index (χ4v) is 2.63. The summed E-state index contributed by atoms with van der Waals surface area (Å²) in [6.07, 6.45) is 1.37. The first-order chi connectivity index (χ1) is 8.91. The molecule has 1 aromatic rings. The Morgan fingerprint density at radius 3 is 2.47 bits per heavy atom. The molecule has 1 unspecified atom stereocenters. The lowest BCUT2D eigenvalue weighted by Crippen LogP contribution is -2.42. The first-order valence-electron chi connectivity index (χ1n) is 6.50. The van der Waals surface area contributed by atoms with Gasteiger partial charge in [0, 0.05) is 18.7 Å². The number of piperidine rings is 1. The molecule has 0 spiro atoms. The monoisotopic (exact) mass is 265 g/mol. The van der Waals surface area contributed by atoms with Gasteiger partial charge in [-0.15, -0.1) is 0 Å². The summed E-state index contributed by atoms with van der Waals surface area (Å²) in [5.74, 6) is -0.0384. The van der Waals surface area contributed by atoms with Crippen molar-refractivity contribution in [3.05, 3.63) is 22.6 Å². The van der Waals surface area contributed by atoms with Crippen molar-refractivity contribution in [2.45, 2.75) is 33.6 Å². The number of nitrogens with zero attached hydrogens (tertiary/aromatic N) is 1. The van der Waals surface area contributed by atoms with E-state index in [0.29, 0.717) is 24.3 Å². The van der Waals surface area contributed by atoms with Crippen LogP contribution in [0.3, 0.4) is 0 Å². The second-order valence-electron chi connectivity index (χ2n) is 5.14. The molecule has 1 aliphatic heterocycles. The van der Waals surface area contributed by atoms with Gasteiger partial charge in [-0.05, 0) is 33.6 Å². The molecule has 2 heterocycles. The number of amides is 1. The van der Waals surface area contributed by atoms with Crippen LogP contribution >= 0.6 is 0 Å². The third-order valence-corrected chi connectivity index (χ3v) is 3.83. The smallest absolute Gasteiger partial charge is 0.308 e. The van der Waals surface area contributed by atoms with Gasteiger partial charge in [0.1, 0.15) is 11.5 Å². The van der Waals surface area contributed by atoms with Crippen molar-refractivity contribution in [1.82, 2.24) is 4.90 Å². The van der Waals surface area contributed by atoms with Crippen molar-refractivity contribution < 1.29 is 19.1 Å². The summed E-state index contributed by atoms with van der Waals surface area (Å²) >= 11 is 0. The first kappa shape index (κ1) is 13.6. The third-order valence-electron chi connectivity index (χ3n) is 3.83. The minimum atomic E-state index is -0.825. The Labute approximate surface area is 112 Å². The van der Waals surface area contributed by atoms with E-state index >= 15 is 0 Å². The number of carboxylic acid groups (broad SMARTS) is 1. The molecule has 0 bridgehead atoms. The molecule has 5 heteroatoms. The van der Waals surface area contributed by atoms with Crippen LogP contribution in [-0.4, -0.2) is 35.0 Å². The van der Waals surface area contributed by atoms with Gasteiger partial charge in [-0.1, -0.05) is 0 Å². The zero-order valence-corrected chi connectivity index (χ0v) is 11.5. The summed E-state index contributed by atoms with van der Waals surface area (Å²) in [7, 11) is 0. The highest BCUT2D eigenvalue weighted by molar-refractivity contribution is 5.97. The lowest BCUT2D eigenvalue weighted by atomic mass is 9.97. The van der Waals surface area contributed by atoms with Gasteiger partial charge in [0.15, 0.2) is 0 Å². The maximum Gasteiger partial charge on any atom is 0.308 e. The average Bonchev–Trinajstić information content (AvgIpc) is 2.62. The number of carboxylic acids is 1. The first-order valence-corrected chi connectivity index (χ1v) is 6.50. The van der Waals surface area contributed by atoms with E-state index in [1.54, 1.807) is 11.8 Å². The number of hydrogen-bond donors (Lipinski definition) is 1. The number of carbonyl (C=O) groups excluding carboxylic acids is 1. The Morgan fingerprint density at radius 1 is 1.26 bits per heavy atom. The molecule has 1 fully saturated rings. The Morgan fingerprint density at radius 2 is 1.95 bits per heavy atom. The molecule has 1 aliphatic rings. The van der Waals surface area contributed by atoms with Crippen molar-refractivity contribution in [2.24, 2.45) is 5.92 Å². The Bertz CT molecular complexity index is 518. The number of likely N-dealkylation sites (tertiary alicyclic amines) is 1. The quantitative estimate of drug-likeness (QED) is 0.889. The van der Waals surface area contributed by atoms with Gasteiger partial charge in [-0.2, -0.15) is 0 Å². The summed E-state index contributed by atoms with van der Waals surface area (Å²) in [6.45, 7) is 6.36. The zero-order chi connectivity index (χ0) is 14.2. The van der Waals surface area contributed by atoms with Crippen LogP contribution in [0.25, 0.3) is 0 Å². The van der Waals surface area contributed by atoms with Crippen molar-refractivity contribution in [2.75, 3.05) is 13.1 Å². The normalized spacial score (nSPS) is 19.5. The number of furan rings is 1. The van der Waals surface area contributed by atoms with Gasteiger partial charge in [-0.3, -0.25) is 9.59 Å². The third kappa shape index (κ3) is 2.50. The molecule has 5 nitrogen and oxygen atoms in total. The van der Waals surface area contributed by atoms with Crippen molar-refractivity contribution in [3.63, 3.8) is 0 Å². The fourth-order valence-electron chi connectivity index (χ4n) is 2.63. The average molecular weight is 265 g/mol. The Hall–Kier alpha value is -1.78. The molecule has 0 radical (unpaired) electrons. The fraction of sp³-hybridized carbons (Fsp3) is 0.571. The SMILES string of the molecule is Cc1oc(C)c(C(=O)N2CCCC(C(=O)O)C2)c1C. The molecular formula is C14H19NO4. The lowest BCUT2D eigenvalue weighted by molar-refractivity contribution is -0.143. The maximum absolute atomic E-state index is 12.5. The molecule has 1 atom stereocenters. The summed E-state index contributed by atoms with van der Waals surface area (Å²) in [5.41, 5.74) is 1.43. The minimum absolute atomic E-state index is 0.113. The van der Waals surface area contributed by atoms with Crippen LogP contribution in [0.15, 0.2) is 4.42 Å². The number of aliphatic carboxylic acids is 1. The van der Waals surface area contributed by atoms with Crippen LogP contribution in [0, 0.1) is 26.7 Å². The number of hydrogen-bond acceptors (Lipinski definition) is 3. The predicted molar refractivity (Wildman–Crippen MR) is 69.2 cm³/mol. The molecule has 0 aliphatic carbocycles. The van der Waals surface area contributed by atoms with E-state index in [1.165, 1.54) is 0 Å². The summed E-state index contributed by atoms with van der Waals surface area (Å²) < 4.78 is 5.47. The predicted octanol–water partition coefficient (Wildman–Crippen LogP) is 2.14. The topological polar surface area (TPSA) is 70.8 Å². The molecule has 1 N–H and O–H groups in total. The highest BCUT2D eigenvalue weighted by atomic mass is 16.4. The van der Waals surface area contributed by atoms with Gasteiger partial charge in [0.25, 0.3) is 5.91 Å². The van der Waals surface area contributed by atoms with Crippen LogP contribution in [0.1, 0.15) is 40.3 Å². The van der Waals surface area contributed by atoms with Crippen molar-refractivity contribution >= 4 is 11.9 Å². The highest BCUT2D eigenvalue weighted by Crippen LogP contribution is 2.25. The number of aryl methyl sites for hydroxylation is 2. The van der Waals surface area contributed by atoms with E-state index in [4.69, 9.17) is 9.52 Å². The lowest BCUT2D eigenvalue weighted by Gasteiger charge is -2.30. The molecule has 0 saturated carbocycles. The van der Waals surface area contributed by atoms with Crippen LogP contribution in [-0.2, 0) is 4.79 Å². The second kappa shape index (κ2) is 5.07. The zero-order valence-electron chi connectivity index (χ0n) is 11.5. The largest absolute Gasteiger partial charge is 0.481 e. The molecule has 19 heavy (non-hydrogen) atoms. The summed E-state index contributed by atoms with van der Waals surface area (Å²) in [5, 5.41) is 9.07. The minimum Gasteiger partial charge on any atom is -0.481 e. The molecule has 2 rings (SSSR count). The van der Waals surface area contributed by atoms with Crippen LogP contribution in [0.2, 0.25) is 0 Å². The summed E-state index contributed by atoms with van der Waals surface area (Å²) in [4.78, 5) is 25.2. The van der Waals surface area contributed by atoms with Crippen molar-refractivity contribution in [3.8, 4) is 0 Å². The van der Waals surface area contributed by atoms with E-state index in [0.717, 1.165) is 17.7 Å². The standard InChI is InChI=1S/C14H19NO4/c1-8-9(2)19-10(3)12(8)13(16)15-6-4-5-11(7-15)14(17)18/h11H,4-7H2,1-3H3,(H,17,18). The van der Waals surface area contributed by atoms with Gasteiger partial charge < -0.3 is 14.4 Å².